The van der Waals surface area contributed by atoms with Crippen LogP contribution in [0.4, 0.5) is 0 Å². The van der Waals surface area contributed by atoms with Crippen molar-refractivity contribution < 1.29 is 0 Å². The Morgan fingerprint density at radius 1 is 1.65 bits per heavy atom. The van der Waals surface area contributed by atoms with Crippen molar-refractivity contribution in [3.63, 3.8) is 0 Å². The molecule has 0 aromatic heterocycles. The molecular formula is C14H21N3. The van der Waals surface area contributed by atoms with Gasteiger partial charge in [-0.25, -0.2) is 0 Å². The van der Waals surface area contributed by atoms with E-state index in [2.05, 4.69) is 41.9 Å². The molecule has 2 rings (SSSR count). The zero-order valence-electron chi connectivity index (χ0n) is 10.4. The first kappa shape index (κ1) is 11.8. The first-order valence-corrected chi connectivity index (χ1v) is 6.26. The second-order valence-electron chi connectivity index (χ2n) is 4.49. The van der Waals surface area contributed by atoms with Crippen LogP contribution in [0, 0.1) is 0 Å². The molecule has 0 radical (unpaired) electrons. The van der Waals surface area contributed by atoms with Crippen LogP contribution >= 0.6 is 0 Å². The van der Waals surface area contributed by atoms with Crippen LogP contribution in [0.15, 0.2) is 48.1 Å². The highest BCUT2D eigenvalue weighted by Crippen LogP contribution is 2.29. The fourth-order valence-corrected chi connectivity index (χ4v) is 2.36. The molecule has 1 atom stereocenters. The first-order valence-electron chi connectivity index (χ1n) is 6.26. The average molecular weight is 231 g/mol. The summed E-state index contributed by atoms with van der Waals surface area (Å²) in [6, 6.07) is 0. The van der Waals surface area contributed by atoms with Gasteiger partial charge in [-0.05, 0) is 44.8 Å². The molecule has 0 aromatic carbocycles. The number of hydrogen-bond acceptors (Lipinski definition) is 3. The number of unbranched alkanes of at least 4 members (excludes halogenated alkanes) is 1. The second kappa shape index (κ2) is 5.13. The van der Waals surface area contributed by atoms with E-state index >= 15 is 0 Å². The average Bonchev–Trinajstić information content (AvgIpc) is 2.65. The molecule has 1 heterocycles. The highest BCUT2D eigenvalue weighted by Gasteiger charge is 2.28. The zero-order chi connectivity index (χ0) is 12.3. The molecule has 3 heteroatoms. The van der Waals surface area contributed by atoms with Crippen LogP contribution in [0.25, 0.3) is 0 Å². The van der Waals surface area contributed by atoms with Gasteiger partial charge in [-0.2, -0.15) is 0 Å². The van der Waals surface area contributed by atoms with Crippen LogP contribution in [0.5, 0.6) is 0 Å². The zero-order valence-corrected chi connectivity index (χ0v) is 10.4. The van der Waals surface area contributed by atoms with E-state index in [1.165, 1.54) is 11.4 Å². The second-order valence-corrected chi connectivity index (χ2v) is 4.49. The van der Waals surface area contributed by atoms with Crippen molar-refractivity contribution in [2.24, 2.45) is 5.73 Å². The minimum atomic E-state index is 0.253. The van der Waals surface area contributed by atoms with Crippen LogP contribution in [-0.2, 0) is 0 Å². The van der Waals surface area contributed by atoms with Crippen LogP contribution in [0.2, 0.25) is 0 Å². The lowest BCUT2D eigenvalue weighted by molar-refractivity contribution is 0.343. The van der Waals surface area contributed by atoms with Crippen molar-refractivity contribution in [1.29, 1.82) is 0 Å². The SMILES string of the molecule is C=CCC/C=C(\N)N1C2=C(CCC=C2)NC1C. The van der Waals surface area contributed by atoms with Gasteiger partial charge < -0.3 is 16.0 Å². The summed E-state index contributed by atoms with van der Waals surface area (Å²) in [6.45, 7) is 5.86. The van der Waals surface area contributed by atoms with Crippen molar-refractivity contribution >= 4 is 0 Å². The summed E-state index contributed by atoms with van der Waals surface area (Å²) in [7, 11) is 0. The maximum atomic E-state index is 6.16. The maximum Gasteiger partial charge on any atom is 0.102 e. The molecule has 0 saturated carbocycles. The third kappa shape index (κ3) is 2.38. The molecule has 1 unspecified atom stereocenters. The Bertz CT molecular complexity index is 390. The molecule has 92 valence electrons. The molecule has 3 N–H and O–H groups in total. The first-order chi connectivity index (χ1) is 8.24. The lowest BCUT2D eigenvalue weighted by atomic mass is 10.1. The van der Waals surface area contributed by atoms with Crippen molar-refractivity contribution in [2.45, 2.75) is 38.8 Å². The van der Waals surface area contributed by atoms with Gasteiger partial charge in [-0.1, -0.05) is 12.2 Å². The number of nitrogens with one attached hydrogen (secondary N) is 1. The Labute approximate surface area is 103 Å². The van der Waals surface area contributed by atoms with Crippen molar-refractivity contribution in [3.8, 4) is 0 Å². The Hall–Kier alpha value is -1.64. The fraction of sp³-hybridized carbons (Fsp3) is 0.429. The molecular weight excluding hydrogens is 210 g/mol. The molecule has 3 nitrogen and oxygen atoms in total. The molecule has 0 saturated heterocycles. The molecule has 0 amide bonds. The Balaban J connectivity index is 2.14. The summed E-state index contributed by atoms with van der Waals surface area (Å²) in [6.07, 6.45) is 12.8. The van der Waals surface area contributed by atoms with E-state index in [9.17, 15) is 0 Å². The van der Waals surface area contributed by atoms with Gasteiger partial charge in [0.25, 0.3) is 0 Å². The van der Waals surface area contributed by atoms with Gasteiger partial charge >= 0.3 is 0 Å². The minimum Gasteiger partial charge on any atom is -0.385 e. The highest BCUT2D eigenvalue weighted by atomic mass is 15.4. The number of nitrogens with two attached hydrogens (primary N) is 1. The Morgan fingerprint density at radius 3 is 3.24 bits per heavy atom. The minimum absolute atomic E-state index is 0.253. The van der Waals surface area contributed by atoms with Gasteiger partial charge in [-0.15, -0.1) is 6.58 Å². The summed E-state index contributed by atoms with van der Waals surface area (Å²) in [4.78, 5) is 2.17. The van der Waals surface area contributed by atoms with Gasteiger partial charge in [0.15, 0.2) is 0 Å². The predicted molar refractivity (Wildman–Crippen MR) is 71.5 cm³/mol. The molecule has 0 spiro atoms. The normalized spacial score (nSPS) is 23.7. The van der Waals surface area contributed by atoms with Gasteiger partial charge in [0, 0.05) is 5.70 Å². The van der Waals surface area contributed by atoms with Crippen molar-refractivity contribution in [1.82, 2.24) is 10.2 Å². The quantitative estimate of drug-likeness (QED) is 0.577. The van der Waals surface area contributed by atoms with Gasteiger partial charge in [0.1, 0.15) is 12.0 Å². The highest BCUT2D eigenvalue weighted by molar-refractivity contribution is 5.35. The summed E-state index contributed by atoms with van der Waals surface area (Å²) in [5.41, 5.74) is 8.71. The van der Waals surface area contributed by atoms with Crippen LogP contribution in [-0.4, -0.2) is 11.1 Å². The van der Waals surface area contributed by atoms with Crippen LogP contribution in [0.1, 0.15) is 32.6 Å². The smallest absolute Gasteiger partial charge is 0.102 e. The molecule has 1 aliphatic carbocycles. The topological polar surface area (TPSA) is 41.3 Å². The van der Waals surface area contributed by atoms with Crippen LogP contribution < -0.4 is 11.1 Å². The Kier molecular flexibility index (Phi) is 3.57. The summed E-state index contributed by atoms with van der Waals surface area (Å²) in [5, 5.41) is 3.49. The lowest BCUT2D eigenvalue weighted by Gasteiger charge is -2.25. The fourth-order valence-electron chi connectivity index (χ4n) is 2.36. The van der Waals surface area contributed by atoms with Crippen LogP contribution in [0.3, 0.4) is 0 Å². The summed E-state index contributed by atoms with van der Waals surface area (Å²) < 4.78 is 0. The monoisotopic (exact) mass is 231 g/mol. The predicted octanol–water partition coefficient (Wildman–Crippen LogP) is 2.57. The molecule has 0 aromatic rings. The summed E-state index contributed by atoms with van der Waals surface area (Å²) >= 11 is 0. The van der Waals surface area contributed by atoms with Crippen molar-refractivity contribution in [2.75, 3.05) is 0 Å². The third-order valence-electron chi connectivity index (χ3n) is 3.18. The lowest BCUT2D eigenvalue weighted by Crippen LogP contribution is -2.36. The number of hydrogen-bond donors (Lipinski definition) is 2. The van der Waals surface area contributed by atoms with E-state index in [4.69, 9.17) is 5.73 Å². The molecule has 2 aliphatic rings. The van der Waals surface area contributed by atoms with Gasteiger partial charge in [-0.3, -0.25) is 0 Å². The number of rotatable bonds is 4. The van der Waals surface area contributed by atoms with E-state index in [1.54, 1.807) is 0 Å². The number of allylic oxidation sites excluding steroid dienone is 5. The molecule has 0 fully saturated rings. The standard InChI is InChI=1S/C14H21N3/c1-3-4-5-10-14(15)17-11(2)16-12-8-6-7-9-13(12)17/h3,7,9-11,16H,1,4-6,8,15H2,2H3/b14-10+. The third-order valence-corrected chi connectivity index (χ3v) is 3.18. The van der Waals surface area contributed by atoms with E-state index in [-0.39, 0.29) is 6.17 Å². The molecule has 17 heavy (non-hydrogen) atoms. The van der Waals surface area contributed by atoms with Crippen molar-refractivity contribution in [3.05, 3.63) is 48.1 Å². The molecule has 1 aliphatic heterocycles. The maximum absolute atomic E-state index is 6.16. The molecule has 0 bridgehead atoms. The van der Waals surface area contributed by atoms with E-state index in [1.807, 2.05) is 6.08 Å². The van der Waals surface area contributed by atoms with Gasteiger partial charge in [0.05, 0.1) is 5.70 Å². The largest absolute Gasteiger partial charge is 0.385 e. The van der Waals surface area contributed by atoms with E-state index in [0.717, 1.165) is 31.5 Å². The number of nitrogens with zero attached hydrogens (tertiary/aromatic N) is 1. The summed E-state index contributed by atoms with van der Waals surface area (Å²) in [5.74, 6) is 0.836. The Morgan fingerprint density at radius 2 is 2.47 bits per heavy atom. The van der Waals surface area contributed by atoms with E-state index in [0.29, 0.717) is 0 Å². The van der Waals surface area contributed by atoms with Gasteiger partial charge in [0.2, 0.25) is 0 Å². The van der Waals surface area contributed by atoms with E-state index < -0.39 is 0 Å².